The molecule has 1 unspecified atom stereocenters. The van der Waals surface area contributed by atoms with Crippen LogP contribution < -0.4 is 0 Å². The highest BCUT2D eigenvalue weighted by atomic mass is 35.5. The summed E-state index contributed by atoms with van der Waals surface area (Å²) in [5.74, 6) is 0. The van der Waals surface area contributed by atoms with Crippen molar-refractivity contribution in [2.24, 2.45) is 0 Å². The van der Waals surface area contributed by atoms with Crippen LogP contribution in [0, 0.1) is 0 Å². The van der Waals surface area contributed by atoms with Crippen LogP contribution in [0.5, 0.6) is 0 Å². The fourth-order valence-corrected chi connectivity index (χ4v) is 2.77. The first-order chi connectivity index (χ1) is 8.15. The smallest absolute Gasteiger partial charge is 0.0406 e. The number of halogens is 2. The van der Waals surface area contributed by atoms with Crippen LogP contribution in [0.4, 0.5) is 0 Å². The van der Waals surface area contributed by atoms with Crippen molar-refractivity contribution < 1.29 is 0 Å². The van der Waals surface area contributed by atoms with E-state index in [2.05, 4.69) is 19.1 Å². The largest absolute Gasteiger partial charge is 0.118 e. The van der Waals surface area contributed by atoms with Crippen molar-refractivity contribution in [2.45, 2.75) is 17.1 Å². The van der Waals surface area contributed by atoms with Gasteiger partial charge in [0.15, 0.2) is 0 Å². The van der Waals surface area contributed by atoms with E-state index in [9.17, 15) is 0 Å². The van der Waals surface area contributed by atoms with E-state index in [-0.39, 0.29) is 0 Å². The Morgan fingerprint density at radius 3 is 1.82 bits per heavy atom. The van der Waals surface area contributed by atoms with Crippen LogP contribution in [0.2, 0.25) is 10.0 Å². The van der Waals surface area contributed by atoms with E-state index in [1.54, 1.807) is 0 Å². The lowest BCUT2D eigenvalue weighted by atomic mass is 10.2. The first kappa shape index (κ1) is 12.8. The minimum atomic E-state index is 0.397. The molecule has 2 aromatic rings. The molecule has 1 atom stereocenters. The molecular weight excluding hydrogens is 271 g/mol. The molecule has 0 aliphatic heterocycles. The Bertz CT molecular complexity index is 477. The Labute approximate surface area is 116 Å². The van der Waals surface area contributed by atoms with E-state index >= 15 is 0 Å². The van der Waals surface area contributed by atoms with Crippen LogP contribution in [0.3, 0.4) is 0 Å². The minimum Gasteiger partial charge on any atom is -0.118 e. The summed E-state index contributed by atoms with van der Waals surface area (Å²) in [6.45, 7) is 2.18. The van der Waals surface area contributed by atoms with Gasteiger partial charge in [-0.1, -0.05) is 35.3 Å². The second-order valence-electron chi connectivity index (χ2n) is 3.77. The molecule has 0 amide bonds. The maximum atomic E-state index is 5.87. The van der Waals surface area contributed by atoms with Gasteiger partial charge in [0.2, 0.25) is 0 Å². The van der Waals surface area contributed by atoms with E-state index in [0.717, 1.165) is 10.0 Å². The molecule has 0 N–H and O–H groups in total. The third kappa shape index (κ3) is 3.67. The molecule has 0 nitrogen and oxygen atoms in total. The van der Waals surface area contributed by atoms with Crippen molar-refractivity contribution in [3.63, 3.8) is 0 Å². The summed E-state index contributed by atoms with van der Waals surface area (Å²) in [7, 11) is 0. The lowest BCUT2D eigenvalue weighted by Gasteiger charge is -2.11. The summed E-state index contributed by atoms with van der Waals surface area (Å²) >= 11 is 13.5. The van der Waals surface area contributed by atoms with Gasteiger partial charge in [0, 0.05) is 20.2 Å². The first-order valence-electron chi connectivity index (χ1n) is 5.33. The van der Waals surface area contributed by atoms with Gasteiger partial charge in [-0.3, -0.25) is 0 Å². The van der Waals surface area contributed by atoms with Crippen molar-refractivity contribution >= 4 is 35.0 Å². The SMILES string of the molecule is CC(Sc1ccc(Cl)cc1)c1ccc(Cl)cc1. The normalized spacial score (nSPS) is 12.4. The van der Waals surface area contributed by atoms with E-state index in [0.29, 0.717) is 5.25 Å². The zero-order valence-electron chi connectivity index (χ0n) is 9.36. The molecule has 2 aromatic carbocycles. The summed E-state index contributed by atoms with van der Waals surface area (Å²) in [5.41, 5.74) is 1.27. The fraction of sp³-hybridized carbons (Fsp3) is 0.143. The van der Waals surface area contributed by atoms with Crippen LogP contribution in [-0.4, -0.2) is 0 Å². The number of rotatable bonds is 3. The average Bonchev–Trinajstić information content (AvgIpc) is 2.33. The molecule has 88 valence electrons. The Kier molecular flexibility index (Phi) is 4.38. The quantitative estimate of drug-likeness (QED) is 0.637. The van der Waals surface area contributed by atoms with E-state index in [1.165, 1.54) is 10.5 Å². The molecule has 0 radical (unpaired) electrons. The molecular formula is C14H12Cl2S. The summed E-state index contributed by atoms with van der Waals surface area (Å²) in [4.78, 5) is 1.22. The second kappa shape index (κ2) is 5.81. The predicted molar refractivity (Wildman–Crippen MR) is 77.2 cm³/mol. The standard InChI is InChI=1S/C14H12Cl2S/c1-10(11-2-4-12(15)5-3-11)17-14-8-6-13(16)7-9-14/h2-10H,1H3. The fourth-order valence-electron chi connectivity index (χ4n) is 1.52. The van der Waals surface area contributed by atoms with Crippen molar-refractivity contribution in [2.75, 3.05) is 0 Å². The van der Waals surface area contributed by atoms with Crippen LogP contribution in [0.1, 0.15) is 17.7 Å². The Morgan fingerprint density at radius 2 is 1.29 bits per heavy atom. The molecule has 3 heteroatoms. The van der Waals surface area contributed by atoms with Gasteiger partial charge >= 0.3 is 0 Å². The highest BCUT2D eigenvalue weighted by Gasteiger charge is 2.07. The van der Waals surface area contributed by atoms with Crippen molar-refractivity contribution in [3.8, 4) is 0 Å². The molecule has 0 saturated heterocycles. The molecule has 0 saturated carbocycles. The minimum absolute atomic E-state index is 0.397. The lowest BCUT2D eigenvalue weighted by Crippen LogP contribution is -1.87. The summed E-state index contributed by atoms with van der Waals surface area (Å²) in [6, 6.07) is 15.9. The zero-order valence-corrected chi connectivity index (χ0v) is 11.7. The third-order valence-electron chi connectivity index (χ3n) is 2.47. The van der Waals surface area contributed by atoms with E-state index in [1.807, 2.05) is 48.2 Å². The number of hydrogen-bond acceptors (Lipinski definition) is 1. The van der Waals surface area contributed by atoms with Crippen LogP contribution in [-0.2, 0) is 0 Å². The maximum absolute atomic E-state index is 5.87. The highest BCUT2D eigenvalue weighted by molar-refractivity contribution is 7.99. The number of hydrogen-bond donors (Lipinski definition) is 0. The van der Waals surface area contributed by atoms with E-state index in [4.69, 9.17) is 23.2 Å². The molecule has 0 fully saturated rings. The molecule has 0 aliphatic rings. The third-order valence-corrected chi connectivity index (χ3v) is 4.14. The highest BCUT2D eigenvalue weighted by Crippen LogP contribution is 2.35. The molecule has 0 aromatic heterocycles. The summed E-state index contributed by atoms with van der Waals surface area (Å²) in [5, 5.41) is 1.94. The van der Waals surface area contributed by atoms with Crippen LogP contribution >= 0.6 is 35.0 Å². The monoisotopic (exact) mass is 282 g/mol. The second-order valence-corrected chi connectivity index (χ2v) is 6.05. The number of benzene rings is 2. The van der Waals surface area contributed by atoms with Crippen molar-refractivity contribution in [3.05, 3.63) is 64.1 Å². The van der Waals surface area contributed by atoms with Crippen molar-refractivity contribution in [1.29, 1.82) is 0 Å². The van der Waals surface area contributed by atoms with Crippen LogP contribution in [0.25, 0.3) is 0 Å². The molecule has 0 heterocycles. The van der Waals surface area contributed by atoms with Crippen molar-refractivity contribution in [1.82, 2.24) is 0 Å². The summed E-state index contributed by atoms with van der Waals surface area (Å²) in [6.07, 6.45) is 0. The molecule has 0 bridgehead atoms. The van der Waals surface area contributed by atoms with Gasteiger partial charge in [-0.15, -0.1) is 11.8 Å². The average molecular weight is 283 g/mol. The molecule has 0 spiro atoms. The Morgan fingerprint density at radius 1 is 0.824 bits per heavy atom. The van der Waals surface area contributed by atoms with Gasteiger partial charge in [0.25, 0.3) is 0 Å². The van der Waals surface area contributed by atoms with Gasteiger partial charge in [0.05, 0.1) is 0 Å². The Hall–Kier alpha value is -0.630. The van der Waals surface area contributed by atoms with Gasteiger partial charge in [-0.2, -0.15) is 0 Å². The van der Waals surface area contributed by atoms with Crippen LogP contribution in [0.15, 0.2) is 53.4 Å². The van der Waals surface area contributed by atoms with Gasteiger partial charge < -0.3 is 0 Å². The zero-order chi connectivity index (χ0) is 12.3. The van der Waals surface area contributed by atoms with Gasteiger partial charge in [-0.25, -0.2) is 0 Å². The molecule has 2 rings (SSSR count). The Balaban J connectivity index is 2.08. The molecule has 17 heavy (non-hydrogen) atoms. The number of thioether (sulfide) groups is 1. The first-order valence-corrected chi connectivity index (χ1v) is 6.96. The topological polar surface area (TPSA) is 0 Å². The summed E-state index contributed by atoms with van der Waals surface area (Å²) < 4.78 is 0. The predicted octanol–water partition coefficient (Wildman–Crippen LogP) is 5.85. The van der Waals surface area contributed by atoms with E-state index < -0.39 is 0 Å². The molecule has 0 aliphatic carbocycles. The van der Waals surface area contributed by atoms with Gasteiger partial charge in [-0.05, 0) is 48.9 Å². The van der Waals surface area contributed by atoms with Gasteiger partial charge in [0.1, 0.15) is 0 Å². The maximum Gasteiger partial charge on any atom is 0.0406 e. The lowest BCUT2D eigenvalue weighted by molar-refractivity contribution is 1.10.